The molecule has 88 valence electrons. The van der Waals surface area contributed by atoms with Crippen molar-refractivity contribution in [3.8, 4) is 0 Å². The van der Waals surface area contributed by atoms with Gasteiger partial charge in [0.1, 0.15) is 5.82 Å². The standard InChI is InChI=1S/C12H19N3O/c1-8-5-10(13)7-14-12(8)15-11-3-4-16-9(2)6-11/h5,7,9,11H,3-4,6,13H2,1-2H3,(H,14,15). The molecule has 1 aromatic heterocycles. The normalized spacial score (nSPS) is 25.4. The van der Waals surface area contributed by atoms with Gasteiger partial charge in [-0.05, 0) is 38.3 Å². The highest BCUT2D eigenvalue weighted by Crippen LogP contribution is 2.20. The highest BCUT2D eigenvalue weighted by molar-refractivity contribution is 5.51. The number of hydrogen-bond donors (Lipinski definition) is 2. The summed E-state index contributed by atoms with van der Waals surface area (Å²) in [4.78, 5) is 4.32. The minimum Gasteiger partial charge on any atom is -0.397 e. The molecule has 1 aliphatic heterocycles. The molecule has 1 aromatic rings. The average Bonchev–Trinajstić information content (AvgIpc) is 2.22. The molecule has 0 aliphatic carbocycles. The summed E-state index contributed by atoms with van der Waals surface area (Å²) in [5.74, 6) is 0.938. The first kappa shape index (κ1) is 11.2. The Bertz CT molecular complexity index is 367. The Balaban J connectivity index is 2.02. The van der Waals surface area contributed by atoms with Crippen molar-refractivity contribution in [3.05, 3.63) is 17.8 Å². The number of nitrogens with one attached hydrogen (secondary N) is 1. The number of hydrogen-bond acceptors (Lipinski definition) is 4. The molecular weight excluding hydrogens is 202 g/mol. The van der Waals surface area contributed by atoms with E-state index in [9.17, 15) is 0 Å². The smallest absolute Gasteiger partial charge is 0.129 e. The third-order valence-electron chi connectivity index (χ3n) is 2.93. The predicted octanol–water partition coefficient (Wildman–Crippen LogP) is 1.95. The summed E-state index contributed by atoms with van der Waals surface area (Å²) in [5, 5.41) is 3.46. The number of aryl methyl sites for hydroxylation is 1. The van der Waals surface area contributed by atoms with Crippen LogP contribution < -0.4 is 11.1 Å². The van der Waals surface area contributed by atoms with Crippen molar-refractivity contribution in [2.24, 2.45) is 0 Å². The van der Waals surface area contributed by atoms with Gasteiger partial charge in [0.05, 0.1) is 18.0 Å². The van der Waals surface area contributed by atoms with Gasteiger partial charge in [-0.1, -0.05) is 0 Å². The zero-order valence-electron chi connectivity index (χ0n) is 9.86. The van der Waals surface area contributed by atoms with Crippen LogP contribution in [-0.2, 0) is 4.74 Å². The third kappa shape index (κ3) is 2.64. The lowest BCUT2D eigenvalue weighted by molar-refractivity contribution is 0.0231. The number of ether oxygens (including phenoxy) is 1. The van der Waals surface area contributed by atoms with E-state index in [0.717, 1.165) is 30.8 Å². The Hall–Kier alpha value is -1.29. The molecule has 4 nitrogen and oxygen atoms in total. The first-order valence-corrected chi connectivity index (χ1v) is 5.75. The number of nitrogens with two attached hydrogens (primary N) is 1. The summed E-state index contributed by atoms with van der Waals surface area (Å²) in [6, 6.07) is 2.40. The molecule has 4 heteroatoms. The van der Waals surface area contributed by atoms with Gasteiger partial charge in [0.15, 0.2) is 0 Å². The van der Waals surface area contributed by atoms with Crippen molar-refractivity contribution < 1.29 is 4.74 Å². The van der Waals surface area contributed by atoms with E-state index in [1.54, 1.807) is 6.20 Å². The average molecular weight is 221 g/mol. The number of nitrogens with zero attached hydrogens (tertiary/aromatic N) is 1. The Morgan fingerprint density at radius 1 is 1.56 bits per heavy atom. The summed E-state index contributed by atoms with van der Waals surface area (Å²) in [6.07, 6.45) is 4.10. The third-order valence-corrected chi connectivity index (χ3v) is 2.93. The molecule has 0 amide bonds. The largest absolute Gasteiger partial charge is 0.397 e. The van der Waals surface area contributed by atoms with E-state index in [4.69, 9.17) is 10.5 Å². The van der Waals surface area contributed by atoms with Crippen LogP contribution in [0.2, 0.25) is 0 Å². The molecule has 2 heterocycles. The van der Waals surface area contributed by atoms with E-state index in [2.05, 4.69) is 17.2 Å². The zero-order chi connectivity index (χ0) is 11.5. The van der Waals surface area contributed by atoms with Gasteiger partial charge in [0, 0.05) is 12.6 Å². The van der Waals surface area contributed by atoms with Crippen molar-refractivity contribution in [2.75, 3.05) is 17.7 Å². The molecule has 2 atom stereocenters. The van der Waals surface area contributed by atoms with Crippen LogP contribution in [0.1, 0.15) is 25.3 Å². The molecule has 1 saturated heterocycles. The van der Waals surface area contributed by atoms with Gasteiger partial charge in [0.25, 0.3) is 0 Å². The van der Waals surface area contributed by atoms with Crippen molar-refractivity contribution in [1.29, 1.82) is 0 Å². The first-order valence-electron chi connectivity index (χ1n) is 5.75. The molecule has 1 aliphatic rings. The van der Waals surface area contributed by atoms with Crippen molar-refractivity contribution in [3.63, 3.8) is 0 Å². The topological polar surface area (TPSA) is 60.2 Å². The number of anilines is 2. The van der Waals surface area contributed by atoms with Gasteiger partial charge in [-0.25, -0.2) is 4.98 Å². The number of pyridine rings is 1. The molecule has 0 bridgehead atoms. The molecule has 0 radical (unpaired) electrons. The lowest BCUT2D eigenvalue weighted by Crippen LogP contribution is -2.33. The highest BCUT2D eigenvalue weighted by atomic mass is 16.5. The van der Waals surface area contributed by atoms with Gasteiger partial charge in [-0.2, -0.15) is 0 Å². The Morgan fingerprint density at radius 3 is 3.06 bits per heavy atom. The predicted molar refractivity (Wildman–Crippen MR) is 65.4 cm³/mol. The molecule has 3 N–H and O–H groups in total. The van der Waals surface area contributed by atoms with Crippen molar-refractivity contribution >= 4 is 11.5 Å². The molecule has 0 saturated carbocycles. The second-order valence-corrected chi connectivity index (χ2v) is 4.48. The quantitative estimate of drug-likeness (QED) is 0.801. The summed E-state index contributed by atoms with van der Waals surface area (Å²) in [7, 11) is 0. The maximum absolute atomic E-state index is 5.67. The number of aromatic nitrogens is 1. The van der Waals surface area contributed by atoms with E-state index in [1.807, 2.05) is 13.0 Å². The van der Waals surface area contributed by atoms with Crippen LogP contribution >= 0.6 is 0 Å². The highest BCUT2D eigenvalue weighted by Gasteiger charge is 2.19. The Kier molecular flexibility index (Phi) is 3.29. The van der Waals surface area contributed by atoms with Crippen LogP contribution in [-0.4, -0.2) is 23.7 Å². The van der Waals surface area contributed by atoms with Crippen molar-refractivity contribution in [2.45, 2.75) is 38.8 Å². The molecular formula is C12H19N3O. The fourth-order valence-electron chi connectivity index (χ4n) is 2.07. The summed E-state index contributed by atoms with van der Waals surface area (Å²) in [6.45, 7) is 4.96. The van der Waals surface area contributed by atoms with Gasteiger partial charge in [-0.3, -0.25) is 0 Å². The Labute approximate surface area is 96.2 Å². The van der Waals surface area contributed by atoms with E-state index in [0.29, 0.717) is 17.8 Å². The summed E-state index contributed by atoms with van der Waals surface area (Å²) in [5.41, 5.74) is 7.48. The van der Waals surface area contributed by atoms with Gasteiger partial charge in [-0.15, -0.1) is 0 Å². The second-order valence-electron chi connectivity index (χ2n) is 4.48. The molecule has 2 rings (SSSR count). The van der Waals surface area contributed by atoms with Crippen LogP contribution in [0.3, 0.4) is 0 Å². The fraction of sp³-hybridized carbons (Fsp3) is 0.583. The SMILES string of the molecule is Cc1cc(N)cnc1NC1CCOC(C)C1. The molecule has 1 fully saturated rings. The zero-order valence-corrected chi connectivity index (χ0v) is 9.86. The minimum absolute atomic E-state index is 0.334. The van der Waals surface area contributed by atoms with Gasteiger partial charge >= 0.3 is 0 Å². The first-order chi connectivity index (χ1) is 7.65. The molecule has 0 aromatic carbocycles. The lowest BCUT2D eigenvalue weighted by atomic mass is 10.0. The maximum Gasteiger partial charge on any atom is 0.129 e. The van der Waals surface area contributed by atoms with Crippen LogP contribution in [0, 0.1) is 6.92 Å². The van der Waals surface area contributed by atoms with Crippen LogP contribution in [0.15, 0.2) is 12.3 Å². The molecule has 16 heavy (non-hydrogen) atoms. The summed E-state index contributed by atoms with van der Waals surface area (Å²) < 4.78 is 5.51. The van der Waals surface area contributed by atoms with Crippen LogP contribution in [0.5, 0.6) is 0 Å². The minimum atomic E-state index is 0.334. The maximum atomic E-state index is 5.67. The Morgan fingerprint density at radius 2 is 2.38 bits per heavy atom. The number of nitrogen functional groups attached to an aromatic ring is 1. The van der Waals surface area contributed by atoms with Crippen molar-refractivity contribution in [1.82, 2.24) is 4.98 Å². The van der Waals surface area contributed by atoms with Gasteiger partial charge < -0.3 is 15.8 Å². The van der Waals surface area contributed by atoms with E-state index in [1.165, 1.54) is 0 Å². The summed E-state index contributed by atoms with van der Waals surface area (Å²) >= 11 is 0. The lowest BCUT2D eigenvalue weighted by Gasteiger charge is -2.28. The monoisotopic (exact) mass is 221 g/mol. The molecule has 0 spiro atoms. The second kappa shape index (κ2) is 4.70. The van der Waals surface area contributed by atoms with E-state index < -0.39 is 0 Å². The molecule has 2 unspecified atom stereocenters. The fourth-order valence-corrected chi connectivity index (χ4v) is 2.07. The van der Waals surface area contributed by atoms with E-state index in [-0.39, 0.29) is 0 Å². The van der Waals surface area contributed by atoms with Crippen LogP contribution in [0.25, 0.3) is 0 Å². The van der Waals surface area contributed by atoms with Crippen LogP contribution in [0.4, 0.5) is 11.5 Å². The van der Waals surface area contributed by atoms with Gasteiger partial charge in [0.2, 0.25) is 0 Å². The van der Waals surface area contributed by atoms with E-state index >= 15 is 0 Å². The number of rotatable bonds is 2.